The number of ether oxygens (including phenoxy) is 1. The number of aromatic nitrogens is 2. The number of nitrogens with zero attached hydrogens (tertiary/aromatic N) is 2. The van der Waals surface area contributed by atoms with E-state index in [4.69, 9.17) is 22.2 Å². The first-order valence-electron chi connectivity index (χ1n) is 7.00. The standard InChI is InChI=1S/C15H21ClN4O/c1-4-20-15(13(16)9-18-20)14(19-17)11-6-5-7-12(8-11)21-10(2)3/h5-10,14,19H,4,17H2,1-3H3. The Morgan fingerprint density at radius 3 is 2.81 bits per heavy atom. The molecule has 0 spiro atoms. The normalized spacial score (nSPS) is 12.7. The smallest absolute Gasteiger partial charge is 0.120 e. The van der Waals surface area contributed by atoms with Gasteiger partial charge >= 0.3 is 0 Å². The number of hydrogen-bond acceptors (Lipinski definition) is 4. The van der Waals surface area contributed by atoms with Crippen molar-refractivity contribution in [2.24, 2.45) is 5.84 Å². The maximum absolute atomic E-state index is 6.26. The predicted molar refractivity (Wildman–Crippen MR) is 84.3 cm³/mol. The van der Waals surface area contributed by atoms with Crippen LogP contribution in [-0.4, -0.2) is 15.9 Å². The summed E-state index contributed by atoms with van der Waals surface area (Å²) >= 11 is 6.26. The van der Waals surface area contributed by atoms with Gasteiger partial charge in [0.2, 0.25) is 0 Å². The summed E-state index contributed by atoms with van der Waals surface area (Å²) < 4.78 is 7.57. The largest absolute Gasteiger partial charge is 0.491 e. The van der Waals surface area contributed by atoms with E-state index >= 15 is 0 Å². The van der Waals surface area contributed by atoms with E-state index in [1.165, 1.54) is 0 Å². The molecule has 2 aromatic rings. The highest BCUT2D eigenvalue weighted by atomic mass is 35.5. The quantitative estimate of drug-likeness (QED) is 0.636. The molecule has 2 rings (SSSR count). The molecule has 0 saturated heterocycles. The Morgan fingerprint density at radius 1 is 1.43 bits per heavy atom. The van der Waals surface area contributed by atoms with Crippen LogP contribution in [-0.2, 0) is 6.54 Å². The molecule has 1 aromatic heterocycles. The van der Waals surface area contributed by atoms with Crippen molar-refractivity contribution in [1.82, 2.24) is 15.2 Å². The summed E-state index contributed by atoms with van der Waals surface area (Å²) in [5.74, 6) is 6.56. The lowest BCUT2D eigenvalue weighted by Gasteiger charge is -2.19. The highest BCUT2D eigenvalue weighted by Gasteiger charge is 2.21. The summed E-state index contributed by atoms with van der Waals surface area (Å²) in [5.41, 5.74) is 4.65. The Hall–Kier alpha value is -1.56. The number of rotatable bonds is 6. The molecule has 3 N–H and O–H groups in total. The highest BCUT2D eigenvalue weighted by Crippen LogP contribution is 2.29. The summed E-state index contributed by atoms with van der Waals surface area (Å²) in [4.78, 5) is 0. The molecular formula is C15H21ClN4O. The molecule has 0 aliphatic rings. The van der Waals surface area contributed by atoms with E-state index < -0.39 is 0 Å². The maximum Gasteiger partial charge on any atom is 0.120 e. The van der Waals surface area contributed by atoms with Crippen molar-refractivity contribution in [3.8, 4) is 5.75 Å². The van der Waals surface area contributed by atoms with Gasteiger partial charge in [-0.1, -0.05) is 23.7 Å². The van der Waals surface area contributed by atoms with E-state index in [1.54, 1.807) is 6.20 Å². The fraction of sp³-hybridized carbons (Fsp3) is 0.400. The van der Waals surface area contributed by atoms with Crippen LogP contribution in [0.3, 0.4) is 0 Å². The summed E-state index contributed by atoms with van der Waals surface area (Å²) in [6.45, 7) is 6.73. The molecule has 21 heavy (non-hydrogen) atoms. The van der Waals surface area contributed by atoms with Gasteiger partial charge in [0.25, 0.3) is 0 Å². The van der Waals surface area contributed by atoms with Gasteiger partial charge in [0.15, 0.2) is 0 Å². The summed E-state index contributed by atoms with van der Waals surface area (Å²) in [5, 5.41) is 4.85. The molecule has 0 radical (unpaired) electrons. The zero-order valence-electron chi connectivity index (χ0n) is 12.5. The van der Waals surface area contributed by atoms with E-state index in [-0.39, 0.29) is 12.1 Å². The van der Waals surface area contributed by atoms with E-state index in [1.807, 2.05) is 49.7 Å². The molecule has 5 nitrogen and oxygen atoms in total. The van der Waals surface area contributed by atoms with Crippen LogP contribution in [0.4, 0.5) is 0 Å². The second-order valence-electron chi connectivity index (χ2n) is 5.03. The summed E-state index contributed by atoms with van der Waals surface area (Å²) in [7, 11) is 0. The SMILES string of the molecule is CCn1ncc(Cl)c1C(NN)c1cccc(OC(C)C)c1. The number of nitrogens with one attached hydrogen (secondary N) is 1. The first-order chi connectivity index (χ1) is 10.1. The number of nitrogens with two attached hydrogens (primary N) is 1. The van der Waals surface area contributed by atoms with Crippen LogP contribution < -0.4 is 16.0 Å². The number of hydrogen-bond donors (Lipinski definition) is 2. The molecule has 1 unspecified atom stereocenters. The molecule has 0 aliphatic heterocycles. The summed E-state index contributed by atoms with van der Waals surface area (Å²) in [6.07, 6.45) is 1.76. The third-order valence-electron chi connectivity index (χ3n) is 3.14. The van der Waals surface area contributed by atoms with Crippen LogP contribution in [0, 0.1) is 0 Å². The number of hydrazine groups is 1. The van der Waals surface area contributed by atoms with Gasteiger partial charge in [-0.2, -0.15) is 5.10 Å². The van der Waals surface area contributed by atoms with Crippen molar-refractivity contribution in [2.75, 3.05) is 0 Å². The van der Waals surface area contributed by atoms with Gasteiger partial charge in [0, 0.05) is 6.54 Å². The molecule has 0 saturated carbocycles. The number of aryl methyl sites for hydroxylation is 1. The van der Waals surface area contributed by atoms with Gasteiger partial charge in [-0.05, 0) is 38.5 Å². The number of benzene rings is 1. The molecule has 114 valence electrons. The molecule has 1 aromatic carbocycles. The fourth-order valence-electron chi connectivity index (χ4n) is 2.28. The Balaban J connectivity index is 2.39. The van der Waals surface area contributed by atoms with Crippen LogP contribution in [0.1, 0.15) is 38.1 Å². The van der Waals surface area contributed by atoms with E-state index in [0.717, 1.165) is 23.6 Å². The van der Waals surface area contributed by atoms with Gasteiger partial charge in [0.05, 0.1) is 29.1 Å². The van der Waals surface area contributed by atoms with Gasteiger partial charge in [-0.25, -0.2) is 5.43 Å². The fourth-order valence-corrected chi connectivity index (χ4v) is 2.53. The minimum absolute atomic E-state index is 0.120. The average Bonchev–Trinajstić information content (AvgIpc) is 2.81. The van der Waals surface area contributed by atoms with Crippen molar-refractivity contribution >= 4 is 11.6 Å². The van der Waals surface area contributed by atoms with E-state index in [2.05, 4.69) is 10.5 Å². The lowest BCUT2D eigenvalue weighted by molar-refractivity contribution is 0.242. The maximum atomic E-state index is 6.26. The molecular weight excluding hydrogens is 288 g/mol. The van der Waals surface area contributed by atoms with Crippen LogP contribution in [0.15, 0.2) is 30.5 Å². The van der Waals surface area contributed by atoms with Crippen molar-refractivity contribution in [3.05, 3.63) is 46.7 Å². The lowest BCUT2D eigenvalue weighted by Crippen LogP contribution is -2.31. The average molecular weight is 309 g/mol. The van der Waals surface area contributed by atoms with Gasteiger partial charge in [0.1, 0.15) is 5.75 Å². The van der Waals surface area contributed by atoms with Crippen molar-refractivity contribution < 1.29 is 4.74 Å². The Labute approximate surface area is 130 Å². The Kier molecular flexibility index (Phi) is 5.22. The first kappa shape index (κ1) is 15.8. The predicted octanol–water partition coefficient (Wildman–Crippen LogP) is 2.90. The number of halogens is 1. The van der Waals surface area contributed by atoms with Crippen molar-refractivity contribution in [2.45, 2.75) is 39.5 Å². The monoisotopic (exact) mass is 308 g/mol. The van der Waals surface area contributed by atoms with Crippen LogP contribution >= 0.6 is 11.6 Å². The Bertz CT molecular complexity index is 597. The van der Waals surface area contributed by atoms with E-state index in [0.29, 0.717) is 5.02 Å². The molecule has 0 fully saturated rings. The van der Waals surface area contributed by atoms with E-state index in [9.17, 15) is 0 Å². The van der Waals surface area contributed by atoms with Crippen molar-refractivity contribution in [3.63, 3.8) is 0 Å². The zero-order chi connectivity index (χ0) is 15.4. The van der Waals surface area contributed by atoms with Crippen molar-refractivity contribution in [1.29, 1.82) is 0 Å². The minimum atomic E-state index is -0.240. The topological polar surface area (TPSA) is 65.1 Å². The molecule has 0 amide bonds. The minimum Gasteiger partial charge on any atom is -0.491 e. The van der Waals surface area contributed by atoms with Gasteiger partial charge in [-0.15, -0.1) is 0 Å². The zero-order valence-corrected chi connectivity index (χ0v) is 13.3. The molecule has 1 atom stereocenters. The Morgan fingerprint density at radius 2 is 2.19 bits per heavy atom. The molecule has 0 bridgehead atoms. The lowest BCUT2D eigenvalue weighted by atomic mass is 10.0. The van der Waals surface area contributed by atoms with Gasteiger partial charge < -0.3 is 4.74 Å². The molecule has 1 heterocycles. The third-order valence-corrected chi connectivity index (χ3v) is 3.43. The second-order valence-corrected chi connectivity index (χ2v) is 5.44. The first-order valence-corrected chi connectivity index (χ1v) is 7.38. The third kappa shape index (κ3) is 3.56. The summed E-state index contributed by atoms with van der Waals surface area (Å²) in [6, 6.07) is 7.58. The second kappa shape index (κ2) is 6.93. The van der Waals surface area contributed by atoms with Crippen LogP contribution in [0.2, 0.25) is 5.02 Å². The van der Waals surface area contributed by atoms with Gasteiger partial charge in [-0.3, -0.25) is 10.5 Å². The van der Waals surface area contributed by atoms with Crippen LogP contribution in [0.25, 0.3) is 0 Å². The van der Waals surface area contributed by atoms with Crippen LogP contribution in [0.5, 0.6) is 5.75 Å². The molecule has 0 aliphatic carbocycles. The highest BCUT2D eigenvalue weighted by molar-refractivity contribution is 6.31. The molecule has 6 heteroatoms.